The fourth-order valence-corrected chi connectivity index (χ4v) is 4.61. The lowest BCUT2D eigenvalue weighted by molar-refractivity contribution is -0.118. The molecule has 7 heteroatoms. The average molecular weight is 434 g/mol. The van der Waals surface area contributed by atoms with E-state index >= 15 is 0 Å². The first kappa shape index (κ1) is 20.5. The molecule has 166 valence electrons. The summed E-state index contributed by atoms with van der Waals surface area (Å²) in [6.07, 6.45) is 8.27. The predicted octanol–water partition coefficient (Wildman–Crippen LogP) is 4.19. The zero-order chi connectivity index (χ0) is 22.3. The predicted molar refractivity (Wildman–Crippen MR) is 121 cm³/mol. The van der Waals surface area contributed by atoms with E-state index in [1.807, 2.05) is 19.9 Å². The van der Waals surface area contributed by atoms with Gasteiger partial charge < -0.3 is 19.2 Å². The number of nitrogens with one attached hydrogen (secondary N) is 1. The minimum absolute atomic E-state index is 0.180. The van der Waals surface area contributed by atoms with Crippen molar-refractivity contribution < 1.29 is 18.7 Å². The van der Waals surface area contributed by atoms with Crippen LogP contribution in [0, 0.1) is 0 Å². The molecule has 1 aliphatic heterocycles. The zero-order valence-corrected chi connectivity index (χ0v) is 18.3. The standard InChI is InChI=1S/C25H26N2O5/c1-25(2)10-9-18-19(32-25)12-20(30-14-21(28)27-15-6-5-11-26-13-15)22-16-7-3-4-8-17(16)24(29)31-23(18)22/h5-6,11-13H,3-4,7-10,14H2,1-2H3,(H,27,28). The van der Waals surface area contributed by atoms with Crippen LogP contribution in [0.5, 0.6) is 11.5 Å². The number of carbonyl (C=O) groups excluding carboxylic acids is 1. The molecule has 0 atom stereocenters. The molecule has 5 rings (SSSR count). The second-order valence-electron chi connectivity index (χ2n) is 9.05. The van der Waals surface area contributed by atoms with E-state index in [1.54, 1.807) is 24.5 Å². The molecule has 3 aromatic rings. The monoisotopic (exact) mass is 434 g/mol. The summed E-state index contributed by atoms with van der Waals surface area (Å²) in [6, 6.07) is 5.37. The molecule has 0 saturated carbocycles. The number of pyridine rings is 1. The first-order valence-electron chi connectivity index (χ1n) is 11.1. The molecule has 1 amide bonds. The first-order chi connectivity index (χ1) is 15.4. The van der Waals surface area contributed by atoms with Gasteiger partial charge in [-0.2, -0.15) is 0 Å². The fraction of sp³-hybridized carbons (Fsp3) is 0.400. The van der Waals surface area contributed by atoms with Crippen LogP contribution in [0.15, 0.2) is 39.8 Å². The van der Waals surface area contributed by atoms with Gasteiger partial charge in [0.15, 0.2) is 6.61 Å². The quantitative estimate of drug-likeness (QED) is 0.620. The van der Waals surface area contributed by atoms with Gasteiger partial charge in [0, 0.05) is 23.4 Å². The molecule has 1 N–H and O–H groups in total. The van der Waals surface area contributed by atoms with Gasteiger partial charge in [-0.05, 0) is 70.1 Å². The van der Waals surface area contributed by atoms with Crippen LogP contribution in [0.1, 0.15) is 49.8 Å². The van der Waals surface area contributed by atoms with E-state index in [-0.39, 0.29) is 23.7 Å². The van der Waals surface area contributed by atoms with Crippen LogP contribution < -0.4 is 20.4 Å². The Bertz CT molecular complexity index is 1250. The maximum absolute atomic E-state index is 12.8. The lowest BCUT2D eigenvalue weighted by Crippen LogP contribution is -2.33. The Hall–Kier alpha value is -3.35. The third-order valence-corrected chi connectivity index (χ3v) is 6.19. The minimum Gasteiger partial charge on any atom is -0.487 e. The Morgan fingerprint density at radius 3 is 2.78 bits per heavy atom. The smallest absolute Gasteiger partial charge is 0.339 e. The van der Waals surface area contributed by atoms with Crippen LogP contribution in [0.3, 0.4) is 0 Å². The Morgan fingerprint density at radius 1 is 1.19 bits per heavy atom. The van der Waals surface area contributed by atoms with Crippen molar-refractivity contribution in [2.24, 2.45) is 0 Å². The van der Waals surface area contributed by atoms with Gasteiger partial charge in [-0.1, -0.05) is 0 Å². The Balaban J connectivity index is 1.56. The molecule has 7 nitrogen and oxygen atoms in total. The lowest BCUT2D eigenvalue weighted by Gasteiger charge is -2.33. The number of hydrogen-bond donors (Lipinski definition) is 1. The molecule has 0 saturated heterocycles. The topological polar surface area (TPSA) is 90.7 Å². The molecule has 32 heavy (non-hydrogen) atoms. The second kappa shape index (κ2) is 7.97. The maximum atomic E-state index is 12.8. The van der Waals surface area contributed by atoms with Gasteiger partial charge in [0.1, 0.15) is 22.7 Å². The van der Waals surface area contributed by atoms with Crippen molar-refractivity contribution in [1.82, 2.24) is 4.98 Å². The Labute approximate surface area is 185 Å². The highest BCUT2D eigenvalue weighted by atomic mass is 16.5. The third kappa shape index (κ3) is 3.83. The molecule has 1 aliphatic carbocycles. The maximum Gasteiger partial charge on any atom is 0.339 e. The molecule has 2 aliphatic rings. The summed E-state index contributed by atoms with van der Waals surface area (Å²) >= 11 is 0. The van der Waals surface area contributed by atoms with Crippen molar-refractivity contribution in [3.05, 3.63) is 57.7 Å². The summed E-state index contributed by atoms with van der Waals surface area (Å²) in [5.41, 5.74) is 3.14. The summed E-state index contributed by atoms with van der Waals surface area (Å²) < 4.78 is 18.1. The summed E-state index contributed by atoms with van der Waals surface area (Å²) in [7, 11) is 0. The van der Waals surface area contributed by atoms with Crippen LogP contribution >= 0.6 is 0 Å². The molecular formula is C25H26N2O5. The number of nitrogens with zero attached hydrogens (tertiary/aromatic N) is 1. The SMILES string of the molecule is CC1(C)CCc2c(cc(OCC(=O)Nc3cccnc3)c3c4c(c(=O)oc23)CCCC4)O1. The normalized spacial score (nSPS) is 16.6. The molecule has 1 aromatic carbocycles. The molecular weight excluding hydrogens is 408 g/mol. The van der Waals surface area contributed by atoms with E-state index in [1.165, 1.54) is 0 Å². The zero-order valence-electron chi connectivity index (χ0n) is 18.3. The fourth-order valence-electron chi connectivity index (χ4n) is 4.61. The van der Waals surface area contributed by atoms with Crippen molar-refractivity contribution >= 4 is 22.6 Å². The number of aromatic nitrogens is 1. The number of ether oxygens (including phenoxy) is 2. The number of rotatable bonds is 4. The van der Waals surface area contributed by atoms with E-state index < -0.39 is 0 Å². The highest BCUT2D eigenvalue weighted by Gasteiger charge is 2.32. The Kier molecular flexibility index (Phi) is 5.12. The minimum atomic E-state index is -0.329. The van der Waals surface area contributed by atoms with Gasteiger partial charge in [-0.25, -0.2) is 4.79 Å². The molecule has 0 spiro atoms. The number of anilines is 1. The van der Waals surface area contributed by atoms with Gasteiger partial charge in [-0.3, -0.25) is 9.78 Å². The average Bonchev–Trinajstić information content (AvgIpc) is 2.77. The van der Waals surface area contributed by atoms with Crippen molar-refractivity contribution in [2.75, 3.05) is 11.9 Å². The van der Waals surface area contributed by atoms with Gasteiger partial charge in [0.25, 0.3) is 5.91 Å². The van der Waals surface area contributed by atoms with Crippen molar-refractivity contribution in [3.8, 4) is 11.5 Å². The molecule has 0 radical (unpaired) electrons. The molecule has 0 unspecified atom stereocenters. The Morgan fingerprint density at radius 2 is 2.00 bits per heavy atom. The summed E-state index contributed by atoms with van der Waals surface area (Å²) in [4.78, 5) is 29.2. The first-order valence-corrected chi connectivity index (χ1v) is 11.1. The van der Waals surface area contributed by atoms with Crippen molar-refractivity contribution in [2.45, 2.75) is 58.0 Å². The largest absolute Gasteiger partial charge is 0.487 e. The highest BCUT2D eigenvalue weighted by Crippen LogP contribution is 2.44. The van der Waals surface area contributed by atoms with E-state index in [9.17, 15) is 9.59 Å². The number of aryl methyl sites for hydroxylation is 2. The number of carbonyl (C=O) groups is 1. The number of amides is 1. The van der Waals surface area contributed by atoms with E-state index in [0.29, 0.717) is 29.2 Å². The van der Waals surface area contributed by atoms with Crippen LogP contribution in [-0.2, 0) is 24.1 Å². The molecule has 0 bridgehead atoms. The van der Waals surface area contributed by atoms with Crippen LogP contribution in [0.2, 0.25) is 0 Å². The van der Waals surface area contributed by atoms with Crippen LogP contribution in [0.4, 0.5) is 5.69 Å². The molecule has 2 aromatic heterocycles. The summed E-state index contributed by atoms with van der Waals surface area (Å²) in [5.74, 6) is 0.867. The summed E-state index contributed by atoms with van der Waals surface area (Å²) in [6.45, 7) is 3.89. The number of fused-ring (bicyclic) bond motifs is 5. The third-order valence-electron chi connectivity index (χ3n) is 6.19. The van der Waals surface area contributed by atoms with E-state index in [2.05, 4.69) is 10.3 Å². The molecule has 3 heterocycles. The van der Waals surface area contributed by atoms with Gasteiger partial charge in [0.05, 0.1) is 17.3 Å². The van der Waals surface area contributed by atoms with E-state index in [4.69, 9.17) is 13.9 Å². The number of benzene rings is 1. The van der Waals surface area contributed by atoms with E-state index in [0.717, 1.165) is 54.2 Å². The van der Waals surface area contributed by atoms with Crippen molar-refractivity contribution in [3.63, 3.8) is 0 Å². The van der Waals surface area contributed by atoms with Gasteiger partial charge in [-0.15, -0.1) is 0 Å². The van der Waals surface area contributed by atoms with Gasteiger partial charge >= 0.3 is 5.63 Å². The second-order valence-corrected chi connectivity index (χ2v) is 9.05. The highest BCUT2D eigenvalue weighted by molar-refractivity contribution is 5.94. The number of hydrogen-bond acceptors (Lipinski definition) is 6. The van der Waals surface area contributed by atoms with Gasteiger partial charge in [0.2, 0.25) is 0 Å². The van der Waals surface area contributed by atoms with Crippen LogP contribution in [0.25, 0.3) is 11.0 Å². The lowest BCUT2D eigenvalue weighted by atomic mass is 9.87. The van der Waals surface area contributed by atoms with Crippen molar-refractivity contribution in [1.29, 1.82) is 0 Å². The van der Waals surface area contributed by atoms with Crippen LogP contribution in [-0.4, -0.2) is 23.1 Å². The summed E-state index contributed by atoms with van der Waals surface area (Å²) in [5, 5.41) is 3.58. The molecule has 0 fully saturated rings.